The van der Waals surface area contributed by atoms with Crippen LogP contribution in [0.3, 0.4) is 0 Å². The largest absolute Gasteiger partial charge is 0.495 e. The van der Waals surface area contributed by atoms with Crippen LogP contribution in [-0.4, -0.2) is 35.0 Å². The van der Waals surface area contributed by atoms with Crippen molar-refractivity contribution in [1.82, 2.24) is 9.97 Å². The number of rotatable bonds is 8. The van der Waals surface area contributed by atoms with Crippen LogP contribution in [0.4, 0.5) is 10.8 Å². The molecule has 2 heterocycles. The second-order valence-electron chi connectivity index (χ2n) is 7.07. The Kier molecular flexibility index (Phi) is 6.79. The molecule has 0 aliphatic rings. The lowest BCUT2D eigenvalue weighted by molar-refractivity contribution is -0.384. The normalized spacial score (nSPS) is 11.0. The van der Waals surface area contributed by atoms with Crippen LogP contribution >= 0.6 is 11.3 Å². The number of non-ortho nitro benzene ring substituents is 1. The number of hydrogen-bond acceptors (Lipinski definition) is 8. The number of nitro groups is 1. The van der Waals surface area contributed by atoms with Gasteiger partial charge in [0.25, 0.3) is 11.6 Å². The average Bonchev–Trinajstić information content (AvgIpc) is 3.31. The summed E-state index contributed by atoms with van der Waals surface area (Å²) < 4.78 is 11.7. The monoisotopic (exact) mass is 476 g/mol. The molecule has 172 valence electrons. The molecular formula is C24H20N4O5S. The van der Waals surface area contributed by atoms with Gasteiger partial charge in [0.05, 0.1) is 31.4 Å². The van der Waals surface area contributed by atoms with Crippen molar-refractivity contribution in [3.63, 3.8) is 0 Å². The Morgan fingerprint density at radius 3 is 2.47 bits per heavy atom. The fourth-order valence-electron chi connectivity index (χ4n) is 3.25. The van der Waals surface area contributed by atoms with Crippen LogP contribution in [-0.2, 0) is 11.3 Å². The zero-order chi connectivity index (χ0) is 24.1. The van der Waals surface area contributed by atoms with E-state index in [9.17, 15) is 14.9 Å². The molecule has 0 spiro atoms. The van der Waals surface area contributed by atoms with E-state index < -0.39 is 4.92 Å². The third-order valence-electron chi connectivity index (χ3n) is 4.96. The minimum absolute atomic E-state index is 0.0161. The van der Waals surface area contributed by atoms with Crippen LogP contribution < -0.4 is 14.4 Å². The molecule has 0 N–H and O–H groups in total. The van der Waals surface area contributed by atoms with Gasteiger partial charge in [-0.1, -0.05) is 17.4 Å². The standard InChI is InChI=1S/C24H20N4O5S/c1-32-19-11-12-20(33-2)23-22(19)26-24(34-23)27(15-17-5-3-4-14-25-17)21(29)13-8-16-6-9-18(10-7-16)28(30)31/h3-14H,15H2,1-2H3/b13-8+. The molecule has 0 aliphatic carbocycles. The predicted molar refractivity (Wildman–Crippen MR) is 130 cm³/mol. The van der Waals surface area contributed by atoms with E-state index in [2.05, 4.69) is 9.97 Å². The van der Waals surface area contributed by atoms with Crippen LogP contribution in [0, 0.1) is 10.1 Å². The number of ether oxygens (including phenoxy) is 2. The van der Waals surface area contributed by atoms with Gasteiger partial charge in [-0.3, -0.25) is 24.8 Å². The maximum absolute atomic E-state index is 13.3. The molecule has 0 unspecified atom stereocenters. The first-order valence-corrected chi connectivity index (χ1v) is 11.0. The Balaban J connectivity index is 1.70. The van der Waals surface area contributed by atoms with Crippen LogP contribution in [0.15, 0.2) is 66.9 Å². The number of nitro benzene ring substituents is 1. The van der Waals surface area contributed by atoms with Gasteiger partial charge < -0.3 is 9.47 Å². The van der Waals surface area contributed by atoms with Gasteiger partial charge in [-0.2, -0.15) is 0 Å². The lowest BCUT2D eigenvalue weighted by Crippen LogP contribution is -2.29. The van der Waals surface area contributed by atoms with Crippen LogP contribution in [0.2, 0.25) is 0 Å². The molecule has 0 saturated carbocycles. The number of hydrogen-bond donors (Lipinski definition) is 0. The van der Waals surface area contributed by atoms with Crippen molar-refractivity contribution in [3.05, 3.63) is 88.2 Å². The van der Waals surface area contributed by atoms with E-state index in [4.69, 9.17) is 9.47 Å². The molecule has 0 aliphatic heterocycles. The molecule has 1 amide bonds. The smallest absolute Gasteiger partial charge is 0.269 e. The minimum Gasteiger partial charge on any atom is -0.495 e. The zero-order valence-electron chi connectivity index (χ0n) is 18.4. The quantitative estimate of drug-likeness (QED) is 0.203. The Labute approximate surface area is 199 Å². The SMILES string of the molecule is COc1ccc(OC)c2sc(N(Cc3ccccn3)C(=O)/C=C/c3ccc([N+](=O)[O-])cc3)nc12. The highest BCUT2D eigenvalue weighted by Crippen LogP contribution is 2.40. The molecule has 34 heavy (non-hydrogen) atoms. The molecule has 0 atom stereocenters. The summed E-state index contributed by atoms with van der Waals surface area (Å²) in [5.74, 6) is 0.886. The van der Waals surface area contributed by atoms with E-state index in [-0.39, 0.29) is 18.1 Å². The van der Waals surface area contributed by atoms with Crippen molar-refractivity contribution in [2.75, 3.05) is 19.1 Å². The van der Waals surface area contributed by atoms with Gasteiger partial charge in [0.15, 0.2) is 5.13 Å². The summed E-state index contributed by atoms with van der Waals surface area (Å²) in [5, 5.41) is 11.3. The van der Waals surface area contributed by atoms with Crippen LogP contribution in [0.25, 0.3) is 16.3 Å². The Morgan fingerprint density at radius 2 is 1.82 bits per heavy atom. The summed E-state index contributed by atoms with van der Waals surface area (Å²) in [5.41, 5.74) is 1.93. The summed E-state index contributed by atoms with van der Waals surface area (Å²) in [7, 11) is 3.13. The van der Waals surface area contributed by atoms with Crippen molar-refractivity contribution in [2.24, 2.45) is 0 Å². The number of anilines is 1. The van der Waals surface area contributed by atoms with E-state index in [0.717, 1.165) is 4.70 Å². The van der Waals surface area contributed by atoms with Gasteiger partial charge >= 0.3 is 0 Å². The van der Waals surface area contributed by atoms with E-state index in [1.807, 2.05) is 12.1 Å². The second kappa shape index (κ2) is 10.1. The summed E-state index contributed by atoms with van der Waals surface area (Å²) in [4.78, 5) is 34.2. The summed E-state index contributed by atoms with van der Waals surface area (Å²) >= 11 is 1.31. The van der Waals surface area contributed by atoms with Gasteiger partial charge in [-0.15, -0.1) is 0 Å². The van der Waals surface area contributed by atoms with Crippen molar-refractivity contribution in [3.8, 4) is 11.5 Å². The molecule has 2 aromatic carbocycles. The van der Waals surface area contributed by atoms with Gasteiger partial charge in [0.1, 0.15) is 21.7 Å². The minimum atomic E-state index is -0.469. The number of fused-ring (bicyclic) bond motifs is 1. The number of thiazole rings is 1. The third kappa shape index (κ3) is 4.86. The highest BCUT2D eigenvalue weighted by atomic mass is 32.1. The third-order valence-corrected chi connectivity index (χ3v) is 6.06. The Morgan fingerprint density at radius 1 is 1.09 bits per heavy atom. The second-order valence-corrected chi connectivity index (χ2v) is 8.05. The first-order valence-electron chi connectivity index (χ1n) is 10.2. The lowest BCUT2D eigenvalue weighted by atomic mass is 10.2. The zero-order valence-corrected chi connectivity index (χ0v) is 19.2. The Hall–Kier alpha value is -4.31. The van der Waals surface area contributed by atoms with Crippen molar-refractivity contribution >= 4 is 44.4 Å². The van der Waals surface area contributed by atoms with Gasteiger partial charge in [0.2, 0.25) is 0 Å². The highest BCUT2D eigenvalue weighted by Gasteiger charge is 2.22. The molecule has 4 aromatic rings. The number of methoxy groups -OCH3 is 2. The lowest BCUT2D eigenvalue weighted by Gasteiger charge is -2.17. The van der Waals surface area contributed by atoms with E-state index >= 15 is 0 Å². The molecule has 0 bridgehead atoms. The fraction of sp³-hybridized carbons (Fsp3) is 0.125. The molecular weight excluding hydrogens is 456 g/mol. The first-order chi connectivity index (χ1) is 16.5. The number of pyridine rings is 1. The molecule has 9 nitrogen and oxygen atoms in total. The first kappa shape index (κ1) is 22.9. The number of carbonyl (C=O) groups is 1. The molecule has 2 aromatic heterocycles. The summed E-state index contributed by atoms with van der Waals surface area (Å²) in [6.45, 7) is 0.203. The fourth-order valence-corrected chi connectivity index (χ4v) is 4.33. The van der Waals surface area contributed by atoms with Crippen molar-refractivity contribution in [2.45, 2.75) is 6.54 Å². The van der Waals surface area contributed by atoms with Crippen LogP contribution in [0.1, 0.15) is 11.3 Å². The number of carbonyl (C=O) groups excluding carboxylic acids is 1. The maximum Gasteiger partial charge on any atom is 0.269 e. The summed E-state index contributed by atoms with van der Waals surface area (Å²) in [6, 6.07) is 15.0. The number of nitrogens with zero attached hydrogens (tertiary/aromatic N) is 4. The number of aromatic nitrogens is 2. The molecule has 4 rings (SSSR count). The van der Waals surface area contributed by atoms with Gasteiger partial charge in [-0.05, 0) is 48.0 Å². The molecule has 10 heteroatoms. The van der Waals surface area contributed by atoms with E-state index in [0.29, 0.717) is 33.4 Å². The molecule has 0 fully saturated rings. The highest BCUT2D eigenvalue weighted by molar-refractivity contribution is 7.22. The maximum atomic E-state index is 13.3. The molecule has 0 saturated heterocycles. The summed E-state index contributed by atoms with van der Waals surface area (Å²) in [6.07, 6.45) is 4.67. The Bertz CT molecular complexity index is 1310. The predicted octanol–water partition coefficient (Wildman–Crippen LogP) is 4.86. The van der Waals surface area contributed by atoms with Gasteiger partial charge in [-0.25, -0.2) is 4.98 Å². The molecule has 0 radical (unpaired) electrons. The van der Waals surface area contributed by atoms with Crippen molar-refractivity contribution < 1.29 is 19.2 Å². The van der Waals surface area contributed by atoms with Crippen LogP contribution in [0.5, 0.6) is 11.5 Å². The van der Waals surface area contributed by atoms with E-state index in [1.54, 1.807) is 56.8 Å². The van der Waals surface area contributed by atoms with Crippen molar-refractivity contribution in [1.29, 1.82) is 0 Å². The number of amides is 1. The number of benzene rings is 2. The van der Waals surface area contributed by atoms with Gasteiger partial charge in [0, 0.05) is 24.4 Å². The topological polar surface area (TPSA) is 108 Å². The average molecular weight is 477 g/mol. The van der Waals surface area contributed by atoms with E-state index in [1.165, 1.54) is 34.4 Å².